The van der Waals surface area contributed by atoms with E-state index in [2.05, 4.69) is 5.32 Å². The third kappa shape index (κ3) is 4.67. The van der Waals surface area contributed by atoms with Crippen molar-refractivity contribution in [2.75, 3.05) is 0 Å². The predicted octanol–water partition coefficient (Wildman–Crippen LogP) is 3.28. The number of aromatic nitrogens is 1. The zero-order valence-corrected chi connectivity index (χ0v) is 21.2. The van der Waals surface area contributed by atoms with Crippen LogP contribution in [0.1, 0.15) is 64.2 Å². The van der Waals surface area contributed by atoms with E-state index >= 15 is 0 Å². The highest BCUT2D eigenvalue weighted by atomic mass is 32.1. The first kappa shape index (κ1) is 22.8. The van der Waals surface area contributed by atoms with Crippen LogP contribution in [-0.2, 0) is 16.1 Å². The highest BCUT2D eigenvalue weighted by Gasteiger charge is 2.51. The molecule has 0 aromatic carbocycles. The molecule has 1 N–H and O–H groups in total. The third-order valence-corrected chi connectivity index (χ3v) is 9.37. The quantitative estimate of drug-likeness (QED) is 0.708. The number of carbonyl (C=O) groups excluding carboxylic acids is 2. The van der Waals surface area contributed by atoms with Crippen LogP contribution in [0.25, 0.3) is 12.2 Å². The van der Waals surface area contributed by atoms with Crippen LogP contribution in [-0.4, -0.2) is 21.8 Å². The molecule has 6 rings (SSSR count). The van der Waals surface area contributed by atoms with Gasteiger partial charge in [-0.1, -0.05) is 26.8 Å². The van der Waals surface area contributed by atoms with Crippen LogP contribution in [0, 0.1) is 23.2 Å². The van der Waals surface area contributed by atoms with E-state index in [-0.39, 0.29) is 29.3 Å². The molecule has 4 aliphatic rings. The zero-order chi connectivity index (χ0) is 23.4. The molecule has 0 aliphatic heterocycles. The summed E-state index contributed by atoms with van der Waals surface area (Å²) in [6, 6.07) is 3.90. The topological polar surface area (TPSA) is 68.2 Å². The number of hydrogen-bond acceptors (Lipinski definition) is 5. The fourth-order valence-electron chi connectivity index (χ4n) is 6.37. The summed E-state index contributed by atoms with van der Waals surface area (Å²) in [6.07, 6.45) is 10.5. The highest BCUT2D eigenvalue weighted by Crippen LogP contribution is 2.55. The van der Waals surface area contributed by atoms with E-state index in [0.717, 1.165) is 41.9 Å². The molecule has 4 aliphatic carbocycles. The van der Waals surface area contributed by atoms with E-state index in [1.165, 1.54) is 41.2 Å². The van der Waals surface area contributed by atoms with Gasteiger partial charge in [-0.25, -0.2) is 0 Å². The van der Waals surface area contributed by atoms with Gasteiger partial charge in [0.05, 0.1) is 4.53 Å². The molecule has 2 aromatic heterocycles. The summed E-state index contributed by atoms with van der Waals surface area (Å²) < 4.78 is 2.58. The van der Waals surface area contributed by atoms with E-state index < -0.39 is 5.41 Å². The number of thiophene rings is 1. The van der Waals surface area contributed by atoms with Crippen molar-refractivity contribution in [2.24, 2.45) is 23.2 Å². The first-order chi connectivity index (χ1) is 15.6. The summed E-state index contributed by atoms with van der Waals surface area (Å²) in [5.74, 6) is 2.04. The van der Waals surface area contributed by atoms with E-state index in [9.17, 15) is 14.4 Å². The van der Waals surface area contributed by atoms with E-state index in [1.54, 1.807) is 11.3 Å². The number of amides is 1. The minimum absolute atomic E-state index is 0.0430. The molecule has 1 amide bonds. The maximum absolute atomic E-state index is 13.3. The van der Waals surface area contributed by atoms with Gasteiger partial charge in [-0.2, -0.15) is 0 Å². The summed E-state index contributed by atoms with van der Waals surface area (Å²) in [5.41, 5.74) is -0.853. The second-order valence-corrected chi connectivity index (χ2v) is 13.4. The van der Waals surface area contributed by atoms with Gasteiger partial charge in [-0.15, -0.1) is 22.7 Å². The van der Waals surface area contributed by atoms with Gasteiger partial charge < -0.3 is 5.32 Å². The van der Waals surface area contributed by atoms with Crippen molar-refractivity contribution in [2.45, 2.75) is 71.4 Å². The molecule has 5 nitrogen and oxygen atoms in total. The number of nitrogens with zero attached hydrogens (tertiary/aromatic N) is 1. The Morgan fingerprint density at radius 2 is 1.79 bits per heavy atom. The van der Waals surface area contributed by atoms with Gasteiger partial charge in [-0.05, 0) is 73.8 Å². The van der Waals surface area contributed by atoms with Crippen LogP contribution < -0.4 is 20.1 Å². The average molecular weight is 485 g/mol. The molecule has 0 spiro atoms. The maximum atomic E-state index is 13.3. The lowest BCUT2D eigenvalue weighted by Crippen LogP contribution is -2.60. The molecule has 0 atom stereocenters. The molecular formula is C26H32N2O3S2. The number of Topliss-reactive ketones (excluding diaryl/α,β-unsaturated/α-hetero) is 1. The molecule has 4 saturated carbocycles. The van der Waals surface area contributed by atoms with Crippen molar-refractivity contribution in [3.8, 4) is 0 Å². The SMILES string of the molecule is CC(C)(C)C(=O)/C=c1\s/c(=C\c2cccs2)c(=O)n1CC(=O)NC12CC3CC(CC(C3)C1)C2. The summed E-state index contributed by atoms with van der Waals surface area (Å²) in [7, 11) is 0. The largest absolute Gasteiger partial charge is 0.349 e. The summed E-state index contributed by atoms with van der Waals surface area (Å²) in [6.45, 7) is 5.54. The van der Waals surface area contributed by atoms with Gasteiger partial charge in [0.2, 0.25) is 5.91 Å². The van der Waals surface area contributed by atoms with Crippen LogP contribution >= 0.6 is 22.7 Å². The minimum Gasteiger partial charge on any atom is -0.349 e. The van der Waals surface area contributed by atoms with Gasteiger partial charge in [0, 0.05) is 21.9 Å². The molecule has 0 saturated heterocycles. The van der Waals surface area contributed by atoms with Crippen molar-refractivity contribution in [1.82, 2.24) is 9.88 Å². The lowest BCUT2D eigenvalue weighted by molar-refractivity contribution is -0.127. The van der Waals surface area contributed by atoms with Crippen LogP contribution in [0.2, 0.25) is 0 Å². The van der Waals surface area contributed by atoms with Gasteiger partial charge in [-0.3, -0.25) is 19.0 Å². The van der Waals surface area contributed by atoms with E-state index in [1.807, 2.05) is 44.4 Å². The molecule has 2 aromatic rings. The lowest BCUT2D eigenvalue weighted by Gasteiger charge is -2.56. The van der Waals surface area contributed by atoms with Crippen LogP contribution in [0.3, 0.4) is 0 Å². The number of carbonyl (C=O) groups is 2. The molecule has 7 heteroatoms. The zero-order valence-electron chi connectivity index (χ0n) is 19.6. The third-order valence-electron chi connectivity index (χ3n) is 7.49. The second-order valence-electron chi connectivity index (χ2n) is 11.4. The minimum atomic E-state index is -0.552. The van der Waals surface area contributed by atoms with Crippen molar-refractivity contribution in [3.05, 3.63) is 41.9 Å². The van der Waals surface area contributed by atoms with Crippen molar-refractivity contribution < 1.29 is 9.59 Å². The Labute approximate surface area is 202 Å². The van der Waals surface area contributed by atoms with Crippen molar-refractivity contribution in [1.29, 1.82) is 0 Å². The normalized spacial score (nSPS) is 29.6. The number of ketones is 1. The standard InChI is InChI=1S/C26H32N2O3S2/c1-25(2,3)21(29)11-23-28(24(31)20(33-23)10-19-5-4-6-32-19)15-22(30)27-26-12-16-7-17(13-26)9-18(8-16)14-26/h4-6,10-11,16-18H,7-9,12-15H2,1-3H3,(H,27,30)/b20-10-,23-11-. The fraction of sp³-hybridized carbons (Fsp3) is 0.577. The molecule has 2 heterocycles. The van der Waals surface area contributed by atoms with Crippen LogP contribution in [0.4, 0.5) is 0 Å². The Bertz CT molecular complexity index is 1210. The lowest BCUT2D eigenvalue weighted by atomic mass is 9.53. The van der Waals surface area contributed by atoms with Gasteiger partial charge in [0.1, 0.15) is 11.2 Å². The van der Waals surface area contributed by atoms with Crippen LogP contribution in [0.15, 0.2) is 22.3 Å². The number of rotatable bonds is 5. The number of nitrogens with one attached hydrogen (secondary N) is 1. The van der Waals surface area contributed by atoms with Crippen LogP contribution in [0.5, 0.6) is 0 Å². The molecule has 0 radical (unpaired) electrons. The maximum Gasteiger partial charge on any atom is 0.269 e. The average Bonchev–Trinajstić information content (AvgIpc) is 3.30. The summed E-state index contributed by atoms with van der Waals surface area (Å²) >= 11 is 2.84. The Balaban J connectivity index is 1.46. The molecule has 176 valence electrons. The summed E-state index contributed by atoms with van der Waals surface area (Å²) in [4.78, 5) is 40.2. The first-order valence-electron chi connectivity index (χ1n) is 11.9. The number of hydrogen-bond donors (Lipinski definition) is 1. The first-order valence-corrected chi connectivity index (χ1v) is 13.6. The molecule has 4 bridgehead atoms. The Kier molecular flexibility index (Phi) is 5.76. The monoisotopic (exact) mass is 484 g/mol. The van der Waals surface area contributed by atoms with Crippen molar-refractivity contribution in [3.63, 3.8) is 0 Å². The Morgan fingerprint density at radius 1 is 1.15 bits per heavy atom. The second kappa shape index (κ2) is 8.35. The Morgan fingerprint density at radius 3 is 2.33 bits per heavy atom. The Hall–Kier alpha value is -1.99. The molecule has 4 fully saturated rings. The number of thiazole rings is 1. The van der Waals surface area contributed by atoms with Gasteiger partial charge in [0.15, 0.2) is 5.78 Å². The summed E-state index contributed by atoms with van der Waals surface area (Å²) in [5, 5.41) is 5.33. The molecular weight excluding hydrogens is 452 g/mol. The predicted molar refractivity (Wildman–Crippen MR) is 134 cm³/mol. The van der Waals surface area contributed by atoms with Crippen molar-refractivity contribution >= 4 is 46.5 Å². The molecule has 33 heavy (non-hydrogen) atoms. The fourth-order valence-corrected chi connectivity index (χ4v) is 8.13. The van der Waals surface area contributed by atoms with E-state index in [0.29, 0.717) is 9.20 Å². The highest BCUT2D eigenvalue weighted by molar-refractivity contribution is 7.11. The van der Waals surface area contributed by atoms with Gasteiger partial charge in [0.25, 0.3) is 5.56 Å². The smallest absolute Gasteiger partial charge is 0.269 e. The van der Waals surface area contributed by atoms with Gasteiger partial charge >= 0.3 is 0 Å². The van der Waals surface area contributed by atoms with E-state index in [4.69, 9.17) is 0 Å². The molecule has 0 unspecified atom stereocenters.